The van der Waals surface area contributed by atoms with Gasteiger partial charge >= 0.3 is 0 Å². The lowest BCUT2D eigenvalue weighted by molar-refractivity contribution is 0.354. The summed E-state index contributed by atoms with van der Waals surface area (Å²) in [6, 6.07) is 13.4. The lowest BCUT2D eigenvalue weighted by atomic mass is 10.1. The van der Waals surface area contributed by atoms with E-state index < -0.39 is 0 Å². The van der Waals surface area contributed by atoms with E-state index in [0.29, 0.717) is 29.7 Å². The van der Waals surface area contributed by atoms with E-state index in [2.05, 4.69) is 26.1 Å². The number of aromatic nitrogens is 2. The molecule has 0 N–H and O–H groups in total. The van der Waals surface area contributed by atoms with Gasteiger partial charge in [-0.1, -0.05) is 18.2 Å². The Labute approximate surface area is 142 Å². The molecular formula is C17H15BrN2O3. The topological polar surface area (TPSA) is 57.4 Å². The molecule has 0 spiro atoms. The van der Waals surface area contributed by atoms with Gasteiger partial charge in [0.15, 0.2) is 11.5 Å². The molecule has 0 fully saturated rings. The van der Waals surface area contributed by atoms with Crippen molar-refractivity contribution in [3.63, 3.8) is 0 Å². The van der Waals surface area contributed by atoms with Gasteiger partial charge in [-0.25, -0.2) is 0 Å². The quantitative estimate of drug-likeness (QED) is 0.672. The normalized spacial score (nSPS) is 10.6. The fourth-order valence-corrected chi connectivity index (χ4v) is 2.69. The van der Waals surface area contributed by atoms with E-state index in [1.54, 1.807) is 14.2 Å². The van der Waals surface area contributed by atoms with Crippen molar-refractivity contribution >= 4 is 15.9 Å². The predicted molar refractivity (Wildman–Crippen MR) is 89.8 cm³/mol. The van der Waals surface area contributed by atoms with Crippen LogP contribution in [0.25, 0.3) is 11.5 Å². The molecule has 2 aromatic carbocycles. The summed E-state index contributed by atoms with van der Waals surface area (Å²) in [6.07, 6.45) is 0.526. The van der Waals surface area contributed by atoms with Crippen LogP contribution in [-0.4, -0.2) is 24.4 Å². The van der Waals surface area contributed by atoms with Crippen molar-refractivity contribution in [2.75, 3.05) is 14.2 Å². The molecule has 6 heteroatoms. The summed E-state index contributed by atoms with van der Waals surface area (Å²) in [6.45, 7) is 0. The maximum absolute atomic E-state index is 5.76. The summed E-state index contributed by atoms with van der Waals surface area (Å²) in [5, 5.41) is 8.23. The maximum atomic E-state index is 5.76. The van der Waals surface area contributed by atoms with Crippen molar-refractivity contribution in [3.8, 4) is 23.0 Å². The first-order valence-corrected chi connectivity index (χ1v) is 7.78. The van der Waals surface area contributed by atoms with Crippen molar-refractivity contribution in [1.29, 1.82) is 0 Å². The maximum Gasteiger partial charge on any atom is 0.248 e. The molecule has 0 saturated carbocycles. The van der Waals surface area contributed by atoms with Gasteiger partial charge in [-0.2, -0.15) is 0 Å². The Morgan fingerprint density at radius 1 is 1.00 bits per heavy atom. The second kappa shape index (κ2) is 6.83. The van der Waals surface area contributed by atoms with Gasteiger partial charge in [0.2, 0.25) is 11.8 Å². The third kappa shape index (κ3) is 3.37. The first-order chi connectivity index (χ1) is 11.2. The van der Waals surface area contributed by atoms with Crippen molar-refractivity contribution in [3.05, 3.63) is 58.4 Å². The molecule has 1 aromatic heterocycles. The van der Waals surface area contributed by atoms with Gasteiger partial charge in [0.1, 0.15) is 0 Å². The Kier molecular flexibility index (Phi) is 4.62. The first-order valence-electron chi connectivity index (χ1n) is 6.99. The second-order valence-corrected chi connectivity index (χ2v) is 5.70. The Bertz CT molecular complexity index is 817. The Balaban J connectivity index is 1.83. The van der Waals surface area contributed by atoms with Gasteiger partial charge in [-0.3, -0.25) is 0 Å². The SMILES string of the molecule is COc1ccc(Cc2nnc(-c3ccccc3Br)o2)cc1OC. The van der Waals surface area contributed by atoms with Crippen molar-refractivity contribution in [1.82, 2.24) is 10.2 Å². The summed E-state index contributed by atoms with van der Waals surface area (Å²) in [4.78, 5) is 0. The Hall–Kier alpha value is -2.34. The van der Waals surface area contributed by atoms with Crippen molar-refractivity contribution in [2.24, 2.45) is 0 Å². The van der Waals surface area contributed by atoms with Gasteiger partial charge in [0, 0.05) is 4.47 Å². The molecule has 0 amide bonds. The smallest absolute Gasteiger partial charge is 0.248 e. The molecule has 1 heterocycles. The van der Waals surface area contributed by atoms with Gasteiger partial charge in [0.05, 0.1) is 26.2 Å². The summed E-state index contributed by atoms with van der Waals surface area (Å²) >= 11 is 3.49. The minimum absolute atomic E-state index is 0.493. The fourth-order valence-electron chi connectivity index (χ4n) is 2.23. The van der Waals surface area contributed by atoms with Gasteiger partial charge in [-0.15, -0.1) is 10.2 Å². The summed E-state index contributed by atoms with van der Waals surface area (Å²) in [5.41, 5.74) is 1.88. The number of hydrogen-bond donors (Lipinski definition) is 0. The Morgan fingerprint density at radius 3 is 2.52 bits per heavy atom. The molecule has 0 aliphatic rings. The standard InChI is InChI=1S/C17H15BrN2O3/c1-21-14-8-7-11(9-15(14)22-2)10-16-19-20-17(23-16)12-5-3-4-6-13(12)18/h3-9H,10H2,1-2H3. The lowest BCUT2D eigenvalue weighted by Crippen LogP contribution is -1.94. The summed E-state index contributed by atoms with van der Waals surface area (Å²) in [5.74, 6) is 2.40. The van der Waals surface area contributed by atoms with Crippen LogP contribution in [-0.2, 0) is 6.42 Å². The van der Waals surface area contributed by atoms with Crippen LogP contribution in [0.15, 0.2) is 51.4 Å². The zero-order valence-electron chi connectivity index (χ0n) is 12.7. The van der Waals surface area contributed by atoms with Crippen LogP contribution < -0.4 is 9.47 Å². The third-order valence-corrected chi connectivity index (χ3v) is 4.07. The summed E-state index contributed by atoms with van der Waals surface area (Å²) in [7, 11) is 3.22. The molecule has 23 heavy (non-hydrogen) atoms. The molecule has 0 saturated heterocycles. The van der Waals surface area contributed by atoms with E-state index in [1.165, 1.54) is 0 Å². The van der Waals surface area contributed by atoms with Crippen LogP contribution in [0.5, 0.6) is 11.5 Å². The van der Waals surface area contributed by atoms with Gasteiger partial charge in [-0.05, 0) is 45.8 Å². The number of nitrogens with zero attached hydrogens (tertiary/aromatic N) is 2. The van der Waals surface area contributed by atoms with E-state index in [9.17, 15) is 0 Å². The lowest BCUT2D eigenvalue weighted by Gasteiger charge is -2.08. The van der Waals surface area contributed by atoms with Crippen LogP contribution in [0.4, 0.5) is 0 Å². The third-order valence-electron chi connectivity index (χ3n) is 3.37. The molecule has 0 unspecified atom stereocenters. The molecule has 0 radical (unpaired) electrons. The van der Waals surface area contributed by atoms with Crippen molar-refractivity contribution < 1.29 is 13.9 Å². The number of methoxy groups -OCH3 is 2. The molecule has 118 valence electrons. The van der Waals surface area contributed by atoms with Crippen LogP contribution >= 0.6 is 15.9 Å². The molecule has 3 rings (SSSR count). The minimum atomic E-state index is 0.493. The van der Waals surface area contributed by atoms with E-state index >= 15 is 0 Å². The zero-order valence-corrected chi connectivity index (χ0v) is 14.3. The van der Waals surface area contributed by atoms with E-state index in [4.69, 9.17) is 13.9 Å². The predicted octanol–water partition coefficient (Wildman–Crippen LogP) is 4.11. The second-order valence-electron chi connectivity index (χ2n) is 4.85. The van der Waals surface area contributed by atoms with Crippen molar-refractivity contribution in [2.45, 2.75) is 6.42 Å². The highest BCUT2D eigenvalue weighted by atomic mass is 79.9. The monoisotopic (exact) mass is 374 g/mol. The number of ether oxygens (including phenoxy) is 2. The molecule has 0 atom stereocenters. The van der Waals surface area contributed by atoms with Crippen LogP contribution in [0.2, 0.25) is 0 Å². The van der Waals surface area contributed by atoms with Crippen LogP contribution in [0.3, 0.4) is 0 Å². The number of hydrogen-bond acceptors (Lipinski definition) is 5. The van der Waals surface area contributed by atoms with Crippen LogP contribution in [0, 0.1) is 0 Å². The molecule has 0 aliphatic heterocycles. The highest BCUT2D eigenvalue weighted by Crippen LogP contribution is 2.30. The average Bonchev–Trinajstić information content (AvgIpc) is 3.03. The Morgan fingerprint density at radius 2 is 1.78 bits per heavy atom. The fraction of sp³-hybridized carbons (Fsp3) is 0.176. The zero-order chi connectivity index (χ0) is 16.2. The highest BCUT2D eigenvalue weighted by molar-refractivity contribution is 9.10. The minimum Gasteiger partial charge on any atom is -0.493 e. The van der Waals surface area contributed by atoms with E-state index in [-0.39, 0.29) is 0 Å². The van der Waals surface area contributed by atoms with E-state index in [0.717, 1.165) is 15.6 Å². The summed E-state index contributed by atoms with van der Waals surface area (Å²) < 4.78 is 17.2. The van der Waals surface area contributed by atoms with Crippen LogP contribution in [0.1, 0.15) is 11.5 Å². The van der Waals surface area contributed by atoms with Gasteiger partial charge < -0.3 is 13.9 Å². The largest absolute Gasteiger partial charge is 0.493 e. The molecule has 0 aliphatic carbocycles. The molecule has 5 nitrogen and oxygen atoms in total. The molecule has 3 aromatic rings. The first kappa shape index (κ1) is 15.6. The van der Waals surface area contributed by atoms with Gasteiger partial charge in [0.25, 0.3) is 0 Å². The highest BCUT2D eigenvalue weighted by Gasteiger charge is 2.12. The average molecular weight is 375 g/mol. The number of benzene rings is 2. The number of rotatable bonds is 5. The van der Waals surface area contributed by atoms with E-state index in [1.807, 2.05) is 42.5 Å². The number of halogens is 1. The molecular weight excluding hydrogens is 360 g/mol. The molecule has 0 bridgehead atoms.